The quantitative estimate of drug-likeness (QED) is 0.250. The number of nitrogens with one attached hydrogen (secondary N) is 2. The number of hydrogen-bond acceptors (Lipinski definition) is 2. The lowest BCUT2D eigenvalue weighted by atomic mass is 10.0. The molecule has 0 radical (unpaired) electrons. The second-order valence-electron chi connectivity index (χ2n) is 7.70. The van der Waals surface area contributed by atoms with Crippen LogP contribution in [-0.2, 0) is 0 Å². The lowest BCUT2D eigenvalue weighted by molar-refractivity contribution is 0.221. The minimum absolute atomic E-state index is 0. The summed E-state index contributed by atoms with van der Waals surface area (Å²) in [5.41, 5.74) is 1.84. The summed E-state index contributed by atoms with van der Waals surface area (Å²) in [5.74, 6) is 0.722. The molecule has 1 aliphatic carbocycles. The molecule has 28 heavy (non-hydrogen) atoms. The molecule has 0 amide bonds. The minimum atomic E-state index is -0.219. The van der Waals surface area contributed by atoms with E-state index in [0.29, 0.717) is 23.2 Å². The molecule has 156 valence electrons. The van der Waals surface area contributed by atoms with E-state index in [-0.39, 0.29) is 41.8 Å². The first-order valence-corrected chi connectivity index (χ1v) is 10.2. The predicted molar refractivity (Wildman–Crippen MR) is 126 cm³/mol. The molecular formula is C21H31ClFIN4. The van der Waals surface area contributed by atoms with E-state index in [1.807, 2.05) is 6.92 Å². The third kappa shape index (κ3) is 6.32. The van der Waals surface area contributed by atoms with Gasteiger partial charge < -0.3 is 10.6 Å². The van der Waals surface area contributed by atoms with E-state index in [9.17, 15) is 4.39 Å². The molecule has 2 fully saturated rings. The standard InChI is InChI=1S/C21H30ClFN4.HI/c1-4-24-21(25-15-8-10-27(11-9-15)13-14(2)3)26-19-12-16(19)20-17(22)6-5-7-18(20)23;/h5-7,15-16,19H,2,4,8-13H2,1,3H3,(H2,24,25,26);1H. The van der Waals surface area contributed by atoms with Crippen LogP contribution in [-0.4, -0.2) is 49.1 Å². The van der Waals surface area contributed by atoms with Gasteiger partial charge in [0, 0.05) is 54.8 Å². The molecular weight excluding hydrogens is 490 g/mol. The predicted octanol–water partition coefficient (Wildman–Crippen LogP) is 4.55. The molecule has 1 heterocycles. The first kappa shape index (κ1) is 23.4. The SMILES string of the molecule is C=C(C)CN1CCC(NC(=NCC)NC2CC2c2c(F)cccc2Cl)CC1.I. The van der Waals surface area contributed by atoms with Gasteiger partial charge >= 0.3 is 0 Å². The van der Waals surface area contributed by atoms with Crippen molar-refractivity contribution in [3.63, 3.8) is 0 Å². The highest BCUT2D eigenvalue weighted by Gasteiger charge is 2.42. The molecule has 1 saturated heterocycles. The van der Waals surface area contributed by atoms with E-state index in [2.05, 4.69) is 34.0 Å². The number of aliphatic imine (C=N–C) groups is 1. The van der Waals surface area contributed by atoms with Crippen LogP contribution in [0.2, 0.25) is 5.02 Å². The molecule has 1 aromatic rings. The van der Waals surface area contributed by atoms with Crippen LogP contribution < -0.4 is 10.6 Å². The van der Waals surface area contributed by atoms with E-state index in [0.717, 1.165) is 44.9 Å². The number of rotatable bonds is 6. The summed E-state index contributed by atoms with van der Waals surface area (Å²) >= 11 is 6.21. The number of halogens is 3. The van der Waals surface area contributed by atoms with Crippen LogP contribution in [0.4, 0.5) is 4.39 Å². The zero-order valence-corrected chi connectivity index (χ0v) is 19.8. The molecule has 7 heteroatoms. The van der Waals surface area contributed by atoms with Crippen LogP contribution in [0.5, 0.6) is 0 Å². The zero-order chi connectivity index (χ0) is 19.4. The van der Waals surface area contributed by atoms with Gasteiger partial charge in [-0.3, -0.25) is 9.89 Å². The Kier molecular flexibility index (Phi) is 9.02. The normalized spacial score (nSPS) is 23.1. The van der Waals surface area contributed by atoms with Gasteiger partial charge in [-0.1, -0.05) is 29.8 Å². The summed E-state index contributed by atoms with van der Waals surface area (Å²) in [7, 11) is 0. The third-order valence-electron chi connectivity index (χ3n) is 5.22. The van der Waals surface area contributed by atoms with Gasteiger partial charge in [-0.25, -0.2) is 4.39 Å². The Bertz CT molecular complexity index is 683. The van der Waals surface area contributed by atoms with E-state index in [1.165, 1.54) is 11.6 Å². The fourth-order valence-corrected chi connectivity index (χ4v) is 4.12. The molecule has 4 nitrogen and oxygen atoms in total. The number of benzene rings is 1. The van der Waals surface area contributed by atoms with Gasteiger partial charge in [0.25, 0.3) is 0 Å². The zero-order valence-electron chi connectivity index (χ0n) is 16.7. The molecule has 1 aromatic carbocycles. The van der Waals surface area contributed by atoms with Crippen molar-refractivity contribution >= 4 is 41.5 Å². The molecule has 0 spiro atoms. The maximum Gasteiger partial charge on any atom is 0.191 e. The maximum absolute atomic E-state index is 14.1. The summed E-state index contributed by atoms with van der Waals surface area (Å²) < 4.78 is 14.1. The van der Waals surface area contributed by atoms with Gasteiger partial charge in [0.05, 0.1) is 0 Å². The van der Waals surface area contributed by atoms with Crippen molar-refractivity contribution in [2.45, 2.75) is 51.1 Å². The smallest absolute Gasteiger partial charge is 0.191 e. The van der Waals surface area contributed by atoms with Gasteiger partial charge in [0.1, 0.15) is 5.82 Å². The summed E-state index contributed by atoms with van der Waals surface area (Å²) in [5, 5.41) is 7.55. The van der Waals surface area contributed by atoms with Crippen molar-refractivity contribution in [2.75, 3.05) is 26.2 Å². The molecule has 0 bridgehead atoms. The second-order valence-corrected chi connectivity index (χ2v) is 8.11. The van der Waals surface area contributed by atoms with Gasteiger partial charge in [0.15, 0.2) is 5.96 Å². The summed E-state index contributed by atoms with van der Waals surface area (Å²) in [6, 6.07) is 5.49. The van der Waals surface area contributed by atoms with Crippen molar-refractivity contribution < 1.29 is 4.39 Å². The average molecular weight is 521 g/mol. The van der Waals surface area contributed by atoms with Crippen LogP contribution in [0.1, 0.15) is 44.6 Å². The topological polar surface area (TPSA) is 39.7 Å². The number of guanidine groups is 1. The van der Waals surface area contributed by atoms with Gasteiger partial charge in [-0.2, -0.15) is 0 Å². The summed E-state index contributed by atoms with van der Waals surface area (Å²) in [6.07, 6.45) is 3.05. The minimum Gasteiger partial charge on any atom is -0.354 e. The molecule has 1 aliphatic heterocycles. The largest absolute Gasteiger partial charge is 0.354 e. The van der Waals surface area contributed by atoms with Crippen molar-refractivity contribution in [3.05, 3.63) is 46.8 Å². The Labute approximate surface area is 190 Å². The second kappa shape index (κ2) is 10.8. The van der Waals surface area contributed by atoms with E-state index in [1.54, 1.807) is 12.1 Å². The first-order valence-electron chi connectivity index (χ1n) is 9.86. The molecule has 2 N–H and O–H groups in total. The van der Waals surface area contributed by atoms with Crippen LogP contribution >= 0.6 is 35.6 Å². The highest BCUT2D eigenvalue weighted by molar-refractivity contribution is 14.0. The van der Waals surface area contributed by atoms with Crippen molar-refractivity contribution in [3.8, 4) is 0 Å². The fraction of sp³-hybridized carbons (Fsp3) is 0.571. The van der Waals surface area contributed by atoms with Crippen molar-refractivity contribution in [1.29, 1.82) is 0 Å². The lowest BCUT2D eigenvalue weighted by Crippen LogP contribution is -2.49. The number of likely N-dealkylation sites (tertiary alicyclic amines) is 1. The molecule has 1 saturated carbocycles. The van der Waals surface area contributed by atoms with Crippen LogP contribution in [0, 0.1) is 5.82 Å². The van der Waals surface area contributed by atoms with E-state index >= 15 is 0 Å². The first-order chi connectivity index (χ1) is 13.0. The maximum atomic E-state index is 14.1. The molecule has 2 unspecified atom stereocenters. The van der Waals surface area contributed by atoms with Gasteiger partial charge in [-0.15, -0.1) is 24.0 Å². The van der Waals surface area contributed by atoms with E-state index < -0.39 is 0 Å². The van der Waals surface area contributed by atoms with Crippen LogP contribution in [0.3, 0.4) is 0 Å². The Hall–Kier alpha value is -0.860. The Morgan fingerprint density at radius 1 is 1.32 bits per heavy atom. The molecule has 3 rings (SSSR count). The fourth-order valence-electron chi connectivity index (χ4n) is 3.82. The Balaban J connectivity index is 0.00000280. The van der Waals surface area contributed by atoms with Gasteiger partial charge in [0.2, 0.25) is 0 Å². The Morgan fingerprint density at radius 3 is 2.64 bits per heavy atom. The molecule has 2 aliphatic rings. The molecule has 0 aromatic heterocycles. The highest BCUT2D eigenvalue weighted by Crippen LogP contribution is 2.44. The summed E-state index contributed by atoms with van der Waals surface area (Å²) in [6.45, 7) is 11.9. The average Bonchev–Trinajstić information content (AvgIpc) is 3.35. The Morgan fingerprint density at radius 2 is 2.04 bits per heavy atom. The highest BCUT2D eigenvalue weighted by atomic mass is 127. The monoisotopic (exact) mass is 520 g/mol. The number of nitrogens with zero attached hydrogens (tertiary/aromatic N) is 2. The lowest BCUT2D eigenvalue weighted by Gasteiger charge is -2.33. The number of hydrogen-bond donors (Lipinski definition) is 2. The van der Waals surface area contributed by atoms with Crippen LogP contribution in [0.25, 0.3) is 0 Å². The van der Waals surface area contributed by atoms with Gasteiger partial charge in [-0.05, 0) is 45.2 Å². The van der Waals surface area contributed by atoms with Crippen molar-refractivity contribution in [2.24, 2.45) is 4.99 Å². The third-order valence-corrected chi connectivity index (χ3v) is 5.55. The number of piperidine rings is 1. The summed E-state index contributed by atoms with van der Waals surface area (Å²) in [4.78, 5) is 7.02. The van der Waals surface area contributed by atoms with Crippen LogP contribution in [0.15, 0.2) is 35.3 Å². The molecule has 2 atom stereocenters. The van der Waals surface area contributed by atoms with Crippen molar-refractivity contribution in [1.82, 2.24) is 15.5 Å². The van der Waals surface area contributed by atoms with E-state index in [4.69, 9.17) is 11.6 Å².